The van der Waals surface area contributed by atoms with Crippen LogP contribution in [0.1, 0.15) is 19.4 Å². The summed E-state index contributed by atoms with van der Waals surface area (Å²) in [6, 6.07) is 10.4. The van der Waals surface area contributed by atoms with Gasteiger partial charge in [-0.1, -0.05) is 0 Å². The van der Waals surface area contributed by atoms with Gasteiger partial charge in [0.15, 0.2) is 11.5 Å². The van der Waals surface area contributed by atoms with Gasteiger partial charge in [-0.2, -0.15) is 0 Å². The highest BCUT2D eigenvalue weighted by atomic mass is 16.5. The Hall–Kier alpha value is -3.94. The predicted octanol–water partition coefficient (Wildman–Crippen LogP) is 3.99. The molecular weight excluding hydrogens is 426 g/mol. The number of allylic oxidation sites excluding steroid dienone is 1. The lowest BCUT2D eigenvalue weighted by Crippen LogP contribution is -2.24. The molecule has 8 nitrogen and oxygen atoms in total. The fourth-order valence-corrected chi connectivity index (χ4v) is 3.72. The highest BCUT2D eigenvalue weighted by molar-refractivity contribution is 6.24. The third-order valence-corrected chi connectivity index (χ3v) is 5.24. The topological polar surface area (TPSA) is 83.5 Å². The number of benzene rings is 2. The van der Waals surface area contributed by atoms with Crippen molar-refractivity contribution in [1.82, 2.24) is 0 Å². The fourth-order valence-electron chi connectivity index (χ4n) is 3.72. The smallest absolute Gasteiger partial charge is 0.340 e. The molecule has 0 bridgehead atoms. The molecule has 0 spiro atoms. The molecule has 174 valence electrons. The van der Waals surface area contributed by atoms with Crippen molar-refractivity contribution < 1.29 is 33.3 Å². The Balaban J connectivity index is 2.18. The molecular formula is C25H27NO7. The van der Waals surface area contributed by atoms with Gasteiger partial charge in [0, 0.05) is 16.9 Å². The second-order valence-electron chi connectivity index (χ2n) is 7.00. The summed E-state index contributed by atoms with van der Waals surface area (Å²) >= 11 is 0. The summed E-state index contributed by atoms with van der Waals surface area (Å²) in [7, 11) is 6.08. The normalized spacial score (nSPS) is 14.5. The SMILES string of the molecule is CCOC(=O)C1=C(C)N(c2ccc(OC)cc2)C(=O)/C1=C\c1ccc(OC)c(OC)c1OC. The molecule has 0 saturated heterocycles. The van der Waals surface area contributed by atoms with Gasteiger partial charge in [0.2, 0.25) is 5.75 Å². The van der Waals surface area contributed by atoms with Crippen LogP contribution < -0.4 is 23.8 Å². The zero-order valence-corrected chi connectivity index (χ0v) is 19.6. The Morgan fingerprint density at radius 1 is 0.909 bits per heavy atom. The van der Waals surface area contributed by atoms with E-state index in [2.05, 4.69) is 0 Å². The van der Waals surface area contributed by atoms with Gasteiger partial charge < -0.3 is 23.7 Å². The first kappa shape index (κ1) is 23.7. The quantitative estimate of drug-likeness (QED) is 0.441. The van der Waals surface area contributed by atoms with Crippen molar-refractivity contribution in [3.05, 3.63) is 58.8 Å². The summed E-state index contributed by atoms with van der Waals surface area (Å²) in [5.41, 5.74) is 1.99. The standard InChI is InChI=1S/C25H27NO7/c1-7-33-25(28)21-15(2)26(17-9-11-18(29-3)12-10-17)24(27)19(21)14-16-8-13-20(30-4)23(32-6)22(16)31-5/h8-14H,7H2,1-6H3/b19-14-. The lowest BCUT2D eigenvalue weighted by atomic mass is 10.0. The highest BCUT2D eigenvalue weighted by Gasteiger charge is 2.38. The van der Waals surface area contributed by atoms with Gasteiger partial charge in [-0.05, 0) is 56.3 Å². The maximum Gasteiger partial charge on any atom is 0.340 e. The minimum Gasteiger partial charge on any atom is -0.497 e. The molecule has 1 heterocycles. The van der Waals surface area contributed by atoms with Crippen molar-refractivity contribution in [3.63, 3.8) is 0 Å². The Morgan fingerprint density at radius 3 is 2.12 bits per heavy atom. The number of amides is 1. The number of nitrogens with zero attached hydrogens (tertiary/aromatic N) is 1. The van der Waals surface area contributed by atoms with E-state index in [-0.39, 0.29) is 23.7 Å². The van der Waals surface area contributed by atoms with Crippen molar-refractivity contribution in [1.29, 1.82) is 0 Å². The van der Waals surface area contributed by atoms with Crippen molar-refractivity contribution >= 4 is 23.6 Å². The van der Waals surface area contributed by atoms with E-state index < -0.39 is 5.97 Å². The van der Waals surface area contributed by atoms with E-state index in [1.54, 1.807) is 63.4 Å². The van der Waals surface area contributed by atoms with Gasteiger partial charge in [0.05, 0.1) is 46.2 Å². The molecule has 1 aliphatic heterocycles. The number of ether oxygens (including phenoxy) is 5. The van der Waals surface area contributed by atoms with Crippen molar-refractivity contribution in [2.45, 2.75) is 13.8 Å². The zero-order chi connectivity index (χ0) is 24.1. The van der Waals surface area contributed by atoms with Crippen LogP contribution in [0.2, 0.25) is 0 Å². The molecule has 1 amide bonds. The van der Waals surface area contributed by atoms with E-state index in [1.807, 2.05) is 0 Å². The average molecular weight is 453 g/mol. The summed E-state index contributed by atoms with van der Waals surface area (Å²) in [5, 5.41) is 0. The maximum absolute atomic E-state index is 13.6. The third-order valence-electron chi connectivity index (χ3n) is 5.24. The number of rotatable bonds is 8. The molecule has 0 aliphatic carbocycles. The average Bonchev–Trinajstić information content (AvgIpc) is 3.07. The van der Waals surface area contributed by atoms with E-state index in [4.69, 9.17) is 23.7 Å². The van der Waals surface area contributed by atoms with Crippen molar-refractivity contribution in [2.24, 2.45) is 0 Å². The summed E-state index contributed by atoms with van der Waals surface area (Å²) in [6.07, 6.45) is 1.60. The van der Waals surface area contributed by atoms with Crippen LogP contribution in [-0.4, -0.2) is 46.9 Å². The number of carbonyl (C=O) groups is 2. The lowest BCUT2D eigenvalue weighted by Gasteiger charge is -2.18. The van der Waals surface area contributed by atoms with Crippen LogP contribution in [-0.2, 0) is 14.3 Å². The molecule has 8 heteroatoms. The van der Waals surface area contributed by atoms with Crippen LogP contribution in [0.25, 0.3) is 6.08 Å². The van der Waals surface area contributed by atoms with E-state index in [1.165, 1.54) is 26.2 Å². The van der Waals surface area contributed by atoms with Gasteiger partial charge in [0.25, 0.3) is 5.91 Å². The van der Waals surface area contributed by atoms with Gasteiger partial charge in [0.1, 0.15) is 5.75 Å². The zero-order valence-electron chi connectivity index (χ0n) is 19.6. The number of carbonyl (C=O) groups excluding carboxylic acids is 2. The molecule has 0 aromatic heterocycles. The molecule has 0 saturated carbocycles. The maximum atomic E-state index is 13.6. The van der Waals surface area contributed by atoms with Crippen LogP contribution in [0.5, 0.6) is 23.0 Å². The summed E-state index contributed by atoms with van der Waals surface area (Å²) in [4.78, 5) is 27.9. The second-order valence-corrected chi connectivity index (χ2v) is 7.00. The van der Waals surface area contributed by atoms with Crippen LogP contribution in [0.4, 0.5) is 5.69 Å². The largest absolute Gasteiger partial charge is 0.497 e. The molecule has 0 atom stereocenters. The first-order valence-electron chi connectivity index (χ1n) is 10.3. The van der Waals surface area contributed by atoms with E-state index >= 15 is 0 Å². The van der Waals surface area contributed by atoms with Crippen molar-refractivity contribution in [3.8, 4) is 23.0 Å². The lowest BCUT2D eigenvalue weighted by molar-refractivity contribution is -0.138. The number of anilines is 1. The Kier molecular flexibility index (Phi) is 7.27. The van der Waals surface area contributed by atoms with Crippen molar-refractivity contribution in [2.75, 3.05) is 39.9 Å². The molecule has 0 unspecified atom stereocenters. The first-order chi connectivity index (χ1) is 15.9. The molecule has 2 aromatic rings. The minimum atomic E-state index is -0.579. The van der Waals surface area contributed by atoms with Crippen LogP contribution in [0.3, 0.4) is 0 Å². The number of esters is 1. The Bertz CT molecular complexity index is 1120. The predicted molar refractivity (Wildman–Crippen MR) is 124 cm³/mol. The van der Waals surface area contributed by atoms with Crippen LogP contribution in [0.15, 0.2) is 53.2 Å². The van der Waals surface area contributed by atoms with E-state index in [0.717, 1.165) is 0 Å². The third kappa shape index (κ3) is 4.37. The minimum absolute atomic E-state index is 0.180. The summed E-state index contributed by atoms with van der Waals surface area (Å²) in [6.45, 7) is 3.60. The summed E-state index contributed by atoms with van der Waals surface area (Å²) < 4.78 is 26.8. The number of hydrogen-bond acceptors (Lipinski definition) is 7. The van der Waals surface area contributed by atoms with Gasteiger partial charge >= 0.3 is 5.97 Å². The highest BCUT2D eigenvalue weighted by Crippen LogP contribution is 2.42. The molecule has 0 N–H and O–H groups in total. The molecule has 0 fully saturated rings. The summed E-state index contributed by atoms with van der Waals surface area (Å²) in [5.74, 6) is 0.948. The number of hydrogen-bond donors (Lipinski definition) is 0. The van der Waals surface area contributed by atoms with Gasteiger partial charge in [-0.3, -0.25) is 9.69 Å². The first-order valence-corrected chi connectivity index (χ1v) is 10.3. The second kappa shape index (κ2) is 10.1. The van der Waals surface area contributed by atoms with Gasteiger partial charge in [-0.25, -0.2) is 4.79 Å². The van der Waals surface area contributed by atoms with Crippen LogP contribution in [0, 0.1) is 0 Å². The molecule has 3 rings (SSSR count). The molecule has 1 aliphatic rings. The monoisotopic (exact) mass is 453 g/mol. The Morgan fingerprint density at radius 2 is 1.58 bits per heavy atom. The molecule has 2 aromatic carbocycles. The van der Waals surface area contributed by atoms with Gasteiger partial charge in [-0.15, -0.1) is 0 Å². The van der Waals surface area contributed by atoms with E-state index in [0.29, 0.717) is 39.9 Å². The fraction of sp³-hybridized carbons (Fsp3) is 0.280. The number of methoxy groups -OCH3 is 4. The Labute approximate surface area is 192 Å². The van der Waals surface area contributed by atoms with E-state index in [9.17, 15) is 9.59 Å². The molecule has 33 heavy (non-hydrogen) atoms. The van der Waals surface area contributed by atoms with Crippen LogP contribution >= 0.6 is 0 Å². The molecule has 0 radical (unpaired) electrons.